The molecule has 0 heterocycles. The summed E-state index contributed by atoms with van der Waals surface area (Å²) < 4.78 is 7.51. The number of carbonyl (C=O) groups excluding carboxylic acids is 2. The number of rotatable bonds is 8. The van der Waals surface area contributed by atoms with Crippen molar-refractivity contribution in [3.63, 3.8) is 0 Å². The van der Waals surface area contributed by atoms with Crippen LogP contribution in [0.2, 0.25) is 0 Å². The molecule has 0 unspecified atom stereocenters. The molecule has 150 valence electrons. The molecule has 28 heavy (non-hydrogen) atoms. The van der Waals surface area contributed by atoms with Gasteiger partial charge in [0.1, 0.15) is 11.8 Å². The first kappa shape index (κ1) is 22.4. The Kier molecular flexibility index (Phi) is 8.51. The van der Waals surface area contributed by atoms with Crippen LogP contribution in [0.25, 0.3) is 0 Å². The fraction of sp³-hybridized carbons (Fsp3) is 0.333. The van der Waals surface area contributed by atoms with Gasteiger partial charge in [-0.2, -0.15) is 0 Å². The quantitative estimate of drug-likeness (QED) is 0.566. The van der Waals surface area contributed by atoms with Crippen molar-refractivity contribution in [2.75, 3.05) is 6.61 Å². The van der Waals surface area contributed by atoms with Crippen LogP contribution >= 0.6 is 31.9 Å². The van der Waals surface area contributed by atoms with Crippen LogP contribution in [-0.4, -0.2) is 35.4 Å². The van der Waals surface area contributed by atoms with Gasteiger partial charge in [-0.15, -0.1) is 0 Å². The maximum absolute atomic E-state index is 12.9. The number of hydrogen-bond donors (Lipinski definition) is 1. The number of hydrogen-bond acceptors (Lipinski definition) is 3. The minimum Gasteiger partial charge on any atom is -0.484 e. The smallest absolute Gasteiger partial charge is 0.261 e. The van der Waals surface area contributed by atoms with Crippen LogP contribution in [0.4, 0.5) is 0 Å². The van der Waals surface area contributed by atoms with E-state index >= 15 is 0 Å². The van der Waals surface area contributed by atoms with Gasteiger partial charge in [-0.3, -0.25) is 9.59 Å². The molecule has 0 fully saturated rings. The summed E-state index contributed by atoms with van der Waals surface area (Å²) >= 11 is 6.77. The molecule has 0 saturated carbocycles. The Hall–Kier alpha value is -1.86. The van der Waals surface area contributed by atoms with E-state index in [0.29, 0.717) is 12.3 Å². The molecule has 0 aliphatic carbocycles. The molecule has 0 spiro atoms. The monoisotopic (exact) mass is 510 g/mol. The fourth-order valence-electron chi connectivity index (χ4n) is 2.53. The Bertz CT molecular complexity index is 792. The second kappa shape index (κ2) is 10.6. The predicted molar refractivity (Wildman–Crippen MR) is 117 cm³/mol. The molecule has 0 saturated heterocycles. The molecule has 2 aromatic rings. The summed E-state index contributed by atoms with van der Waals surface area (Å²) in [6, 6.07) is 14.3. The van der Waals surface area contributed by atoms with Crippen LogP contribution < -0.4 is 10.1 Å². The first-order chi connectivity index (χ1) is 13.3. The summed E-state index contributed by atoms with van der Waals surface area (Å²) in [5, 5.41) is 2.87. The van der Waals surface area contributed by atoms with Crippen LogP contribution in [0.3, 0.4) is 0 Å². The van der Waals surface area contributed by atoms with E-state index in [2.05, 4.69) is 37.2 Å². The van der Waals surface area contributed by atoms with Crippen molar-refractivity contribution in [2.45, 2.75) is 39.4 Å². The highest BCUT2D eigenvalue weighted by Gasteiger charge is 2.26. The third-order valence-electron chi connectivity index (χ3n) is 4.04. The molecule has 2 amide bonds. The zero-order valence-electron chi connectivity index (χ0n) is 16.1. The van der Waals surface area contributed by atoms with E-state index in [-0.39, 0.29) is 24.5 Å². The Morgan fingerprint density at radius 2 is 1.50 bits per heavy atom. The number of nitrogens with one attached hydrogen (secondary N) is 1. The topological polar surface area (TPSA) is 58.6 Å². The normalized spacial score (nSPS) is 11.8. The van der Waals surface area contributed by atoms with Crippen molar-refractivity contribution < 1.29 is 14.3 Å². The summed E-state index contributed by atoms with van der Waals surface area (Å²) in [5.74, 6) is 0.153. The lowest BCUT2D eigenvalue weighted by Gasteiger charge is -2.29. The molecule has 5 nitrogen and oxygen atoms in total. The van der Waals surface area contributed by atoms with Gasteiger partial charge < -0.3 is 15.0 Å². The van der Waals surface area contributed by atoms with Crippen molar-refractivity contribution in [1.82, 2.24) is 10.2 Å². The van der Waals surface area contributed by atoms with Gasteiger partial charge in [-0.05, 0) is 62.7 Å². The van der Waals surface area contributed by atoms with Crippen LogP contribution in [0.15, 0.2) is 57.5 Å². The number of halogens is 2. The van der Waals surface area contributed by atoms with Crippen LogP contribution in [0.1, 0.15) is 26.3 Å². The number of amides is 2. The minimum atomic E-state index is -0.618. The van der Waals surface area contributed by atoms with E-state index in [1.807, 2.05) is 50.2 Å². The third-order valence-corrected chi connectivity index (χ3v) is 5.10. The van der Waals surface area contributed by atoms with Crippen molar-refractivity contribution in [1.29, 1.82) is 0 Å². The van der Waals surface area contributed by atoms with Gasteiger partial charge in [0.15, 0.2) is 6.61 Å². The zero-order valence-corrected chi connectivity index (χ0v) is 19.3. The van der Waals surface area contributed by atoms with Crippen molar-refractivity contribution in [2.24, 2.45) is 0 Å². The molecule has 2 rings (SSSR count). The van der Waals surface area contributed by atoms with Gasteiger partial charge in [0.05, 0.1) is 0 Å². The van der Waals surface area contributed by atoms with E-state index in [0.717, 1.165) is 14.5 Å². The molecular formula is C21H24Br2N2O3. The maximum atomic E-state index is 12.9. The van der Waals surface area contributed by atoms with E-state index < -0.39 is 6.04 Å². The summed E-state index contributed by atoms with van der Waals surface area (Å²) in [5.41, 5.74) is 0.935. The average molecular weight is 512 g/mol. The molecule has 1 atom stereocenters. The molecule has 2 aromatic carbocycles. The third kappa shape index (κ3) is 6.95. The van der Waals surface area contributed by atoms with E-state index in [1.165, 1.54) is 0 Å². The molecule has 1 N–H and O–H groups in total. The highest BCUT2D eigenvalue weighted by molar-refractivity contribution is 9.10. The summed E-state index contributed by atoms with van der Waals surface area (Å²) in [6.45, 7) is 5.69. The Balaban J connectivity index is 2.12. The summed E-state index contributed by atoms with van der Waals surface area (Å²) in [6.07, 6.45) is 0. The molecule has 0 aliphatic heterocycles. The molecular weight excluding hydrogens is 488 g/mol. The Morgan fingerprint density at radius 3 is 2.04 bits per heavy atom. The lowest BCUT2D eigenvalue weighted by atomic mass is 10.1. The first-order valence-electron chi connectivity index (χ1n) is 8.99. The SMILES string of the molecule is CC(C)NC(=O)[C@H](C)N(Cc1ccc(Br)cc1)C(=O)COc1ccc(Br)cc1. The predicted octanol–water partition coefficient (Wildman–Crippen LogP) is 4.53. The maximum Gasteiger partial charge on any atom is 0.261 e. The van der Waals surface area contributed by atoms with Gasteiger partial charge >= 0.3 is 0 Å². The highest BCUT2D eigenvalue weighted by Crippen LogP contribution is 2.17. The average Bonchev–Trinajstić information content (AvgIpc) is 2.65. The van der Waals surface area contributed by atoms with Gasteiger partial charge in [0.2, 0.25) is 5.91 Å². The Morgan fingerprint density at radius 1 is 0.964 bits per heavy atom. The number of ether oxygens (including phenoxy) is 1. The highest BCUT2D eigenvalue weighted by atomic mass is 79.9. The number of carbonyl (C=O) groups is 2. The molecule has 0 aliphatic rings. The van der Waals surface area contributed by atoms with Gasteiger partial charge in [0.25, 0.3) is 5.91 Å². The zero-order chi connectivity index (χ0) is 20.7. The van der Waals surface area contributed by atoms with Crippen LogP contribution in [0.5, 0.6) is 5.75 Å². The summed E-state index contributed by atoms with van der Waals surface area (Å²) in [4.78, 5) is 26.9. The minimum absolute atomic E-state index is 0.00130. The van der Waals surface area contributed by atoms with Gasteiger partial charge in [0, 0.05) is 21.5 Å². The van der Waals surface area contributed by atoms with Crippen LogP contribution in [0, 0.1) is 0 Å². The van der Waals surface area contributed by atoms with E-state index in [1.54, 1.807) is 24.0 Å². The second-order valence-electron chi connectivity index (χ2n) is 6.73. The van der Waals surface area contributed by atoms with Crippen molar-refractivity contribution >= 4 is 43.7 Å². The van der Waals surface area contributed by atoms with Gasteiger partial charge in [-0.1, -0.05) is 44.0 Å². The van der Waals surface area contributed by atoms with Crippen molar-refractivity contribution in [3.8, 4) is 5.75 Å². The first-order valence-corrected chi connectivity index (χ1v) is 10.6. The number of benzene rings is 2. The largest absolute Gasteiger partial charge is 0.484 e. The lowest BCUT2D eigenvalue weighted by molar-refractivity contribution is -0.142. The van der Waals surface area contributed by atoms with E-state index in [9.17, 15) is 9.59 Å². The van der Waals surface area contributed by atoms with Gasteiger partial charge in [-0.25, -0.2) is 0 Å². The lowest BCUT2D eigenvalue weighted by Crippen LogP contribution is -2.50. The Labute approximate surface area is 182 Å². The molecule has 0 bridgehead atoms. The molecule has 0 radical (unpaired) electrons. The standard InChI is InChI=1S/C21H24Br2N2O3/c1-14(2)24-21(27)15(3)25(12-16-4-6-17(22)7-5-16)20(26)13-28-19-10-8-18(23)9-11-19/h4-11,14-15H,12-13H2,1-3H3,(H,24,27)/t15-/m0/s1. The van der Waals surface area contributed by atoms with Crippen LogP contribution in [-0.2, 0) is 16.1 Å². The molecule has 0 aromatic heterocycles. The van der Waals surface area contributed by atoms with E-state index in [4.69, 9.17) is 4.74 Å². The number of nitrogens with zero attached hydrogens (tertiary/aromatic N) is 1. The molecule has 7 heteroatoms. The summed E-state index contributed by atoms with van der Waals surface area (Å²) in [7, 11) is 0. The fourth-order valence-corrected chi connectivity index (χ4v) is 3.06. The second-order valence-corrected chi connectivity index (χ2v) is 8.56. The van der Waals surface area contributed by atoms with Crippen molar-refractivity contribution in [3.05, 3.63) is 63.0 Å².